The molecule has 0 amide bonds. The molecule has 3 aromatic rings. The first-order valence-corrected chi connectivity index (χ1v) is 10.00. The van der Waals surface area contributed by atoms with E-state index in [9.17, 15) is 5.11 Å². The zero-order valence-electron chi connectivity index (χ0n) is 16.1. The lowest BCUT2D eigenvalue weighted by molar-refractivity contribution is 0.174. The van der Waals surface area contributed by atoms with E-state index in [1.165, 1.54) is 0 Å². The topological polar surface area (TPSA) is 50.7 Å². The third kappa shape index (κ3) is 6.12. The van der Waals surface area contributed by atoms with Gasteiger partial charge in [-0.3, -0.25) is 0 Å². The molecule has 29 heavy (non-hydrogen) atoms. The molecule has 0 saturated heterocycles. The summed E-state index contributed by atoms with van der Waals surface area (Å²) >= 11 is 12.1. The van der Waals surface area contributed by atoms with E-state index in [2.05, 4.69) is 5.32 Å². The summed E-state index contributed by atoms with van der Waals surface area (Å²) in [5.74, 6) is 1.27. The molecule has 0 unspecified atom stereocenters. The smallest absolute Gasteiger partial charge is 0.161 e. The summed E-state index contributed by atoms with van der Waals surface area (Å²) in [7, 11) is 1.60. The molecule has 0 aliphatic rings. The Balaban J connectivity index is 1.56. The van der Waals surface area contributed by atoms with Crippen molar-refractivity contribution in [3.05, 3.63) is 93.5 Å². The fraction of sp³-hybridized carbons (Fsp3) is 0.217. The van der Waals surface area contributed by atoms with Crippen LogP contribution in [0.1, 0.15) is 22.8 Å². The molecule has 3 aromatic carbocycles. The zero-order chi connectivity index (χ0) is 20.6. The van der Waals surface area contributed by atoms with Gasteiger partial charge in [0.1, 0.15) is 6.61 Å². The average Bonchev–Trinajstić information content (AvgIpc) is 2.74. The van der Waals surface area contributed by atoms with Gasteiger partial charge in [0, 0.05) is 28.7 Å². The van der Waals surface area contributed by atoms with Crippen molar-refractivity contribution in [1.29, 1.82) is 0 Å². The fourth-order valence-corrected chi connectivity index (χ4v) is 3.34. The minimum absolute atomic E-state index is 0.313. The normalized spacial score (nSPS) is 11.9. The maximum Gasteiger partial charge on any atom is 0.161 e. The van der Waals surface area contributed by atoms with Crippen LogP contribution in [0.25, 0.3) is 0 Å². The van der Waals surface area contributed by atoms with Gasteiger partial charge in [0.05, 0.1) is 13.2 Å². The second-order valence-corrected chi connectivity index (χ2v) is 7.41. The van der Waals surface area contributed by atoms with Gasteiger partial charge in [-0.05, 0) is 35.4 Å². The Morgan fingerprint density at radius 3 is 2.48 bits per heavy atom. The first-order valence-electron chi connectivity index (χ1n) is 9.24. The summed E-state index contributed by atoms with van der Waals surface area (Å²) in [5, 5.41) is 14.7. The van der Waals surface area contributed by atoms with E-state index in [1.54, 1.807) is 19.2 Å². The highest BCUT2D eigenvalue weighted by molar-refractivity contribution is 6.35. The Bertz CT molecular complexity index is 935. The number of aliphatic hydroxyl groups excluding tert-OH is 1. The molecule has 0 fully saturated rings. The molecule has 6 heteroatoms. The summed E-state index contributed by atoms with van der Waals surface area (Å²) in [6.45, 7) is 1.37. The molecule has 2 N–H and O–H groups in total. The van der Waals surface area contributed by atoms with Crippen LogP contribution in [0.5, 0.6) is 11.5 Å². The number of rotatable bonds is 9. The van der Waals surface area contributed by atoms with Gasteiger partial charge in [-0.2, -0.15) is 0 Å². The first kappa shape index (κ1) is 21.5. The van der Waals surface area contributed by atoms with Crippen molar-refractivity contribution < 1.29 is 14.6 Å². The van der Waals surface area contributed by atoms with Crippen LogP contribution in [0.4, 0.5) is 0 Å². The molecule has 0 aliphatic heterocycles. The van der Waals surface area contributed by atoms with Crippen LogP contribution in [0.3, 0.4) is 0 Å². The van der Waals surface area contributed by atoms with Crippen LogP contribution < -0.4 is 14.8 Å². The number of hydrogen-bond acceptors (Lipinski definition) is 4. The van der Waals surface area contributed by atoms with Crippen molar-refractivity contribution >= 4 is 23.2 Å². The molecular weight excluding hydrogens is 409 g/mol. The highest BCUT2D eigenvalue weighted by atomic mass is 35.5. The largest absolute Gasteiger partial charge is 0.493 e. The molecule has 0 aromatic heterocycles. The molecular formula is C23H23Cl2NO3. The summed E-state index contributed by atoms with van der Waals surface area (Å²) in [5.41, 5.74) is 2.76. The number of aliphatic hydroxyl groups is 1. The van der Waals surface area contributed by atoms with Crippen molar-refractivity contribution in [2.45, 2.75) is 19.3 Å². The Morgan fingerprint density at radius 1 is 0.966 bits per heavy atom. The predicted molar refractivity (Wildman–Crippen MR) is 117 cm³/mol. The first-order chi connectivity index (χ1) is 14.1. The lowest BCUT2D eigenvalue weighted by Gasteiger charge is -2.15. The molecule has 0 heterocycles. The SMILES string of the molecule is COc1cc(CNC[C@H](O)c2ccccc2)ccc1OCc1ccc(Cl)cc1Cl. The van der Waals surface area contributed by atoms with Crippen LogP contribution in [-0.4, -0.2) is 18.8 Å². The number of hydrogen-bond donors (Lipinski definition) is 2. The second kappa shape index (κ2) is 10.5. The molecule has 4 nitrogen and oxygen atoms in total. The number of methoxy groups -OCH3 is 1. The van der Waals surface area contributed by atoms with E-state index in [0.29, 0.717) is 41.2 Å². The molecule has 0 spiro atoms. The summed E-state index contributed by atoms with van der Waals surface area (Å²) in [6, 6.07) is 20.6. The maximum atomic E-state index is 10.2. The quantitative estimate of drug-likeness (QED) is 0.475. The van der Waals surface area contributed by atoms with E-state index < -0.39 is 6.10 Å². The summed E-state index contributed by atoms with van der Waals surface area (Å²) in [6.07, 6.45) is -0.551. The Labute approximate surface area is 181 Å². The van der Waals surface area contributed by atoms with E-state index >= 15 is 0 Å². The third-order valence-corrected chi connectivity index (χ3v) is 5.06. The molecule has 1 atom stereocenters. The monoisotopic (exact) mass is 431 g/mol. The van der Waals surface area contributed by atoms with Crippen LogP contribution >= 0.6 is 23.2 Å². The summed E-state index contributed by atoms with van der Waals surface area (Å²) in [4.78, 5) is 0. The van der Waals surface area contributed by atoms with Crippen molar-refractivity contribution in [1.82, 2.24) is 5.32 Å². The fourth-order valence-electron chi connectivity index (χ4n) is 2.88. The zero-order valence-corrected chi connectivity index (χ0v) is 17.6. The van der Waals surface area contributed by atoms with Crippen molar-refractivity contribution in [3.8, 4) is 11.5 Å². The maximum absolute atomic E-state index is 10.2. The lowest BCUT2D eigenvalue weighted by atomic mass is 10.1. The van der Waals surface area contributed by atoms with Gasteiger partial charge in [-0.1, -0.05) is 65.7 Å². The van der Waals surface area contributed by atoms with E-state index in [-0.39, 0.29) is 0 Å². The minimum Gasteiger partial charge on any atom is -0.493 e. The van der Waals surface area contributed by atoms with Gasteiger partial charge >= 0.3 is 0 Å². The molecule has 0 radical (unpaired) electrons. The molecule has 3 rings (SSSR count). The van der Waals surface area contributed by atoms with Gasteiger partial charge in [0.2, 0.25) is 0 Å². The number of ether oxygens (including phenoxy) is 2. The lowest BCUT2D eigenvalue weighted by Crippen LogP contribution is -2.21. The number of benzene rings is 3. The van der Waals surface area contributed by atoms with Crippen molar-refractivity contribution in [2.75, 3.05) is 13.7 Å². The van der Waals surface area contributed by atoms with Crippen LogP contribution in [-0.2, 0) is 13.2 Å². The molecule has 0 saturated carbocycles. The molecule has 152 valence electrons. The Kier molecular flexibility index (Phi) is 7.78. The van der Waals surface area contributed by atoms with Gasteiger partial charge in [0.25, 0.3) is 0 Å². The Hall–Kier alpha value is -2.24. The molecule has 0 bridgehead atoms. The average molecular weight is 432 g/mol. The van der Waals surface area contributed by atoms with Gasteiger partial charge in [-0.25, -0.2) is 0 Å². The molecule has 0 aliphatic carbocycles. The van der Waals surface area contributed by atoms with Gasteiger partial charge < -0.3 is 19.9 Å². The standard InChI is InChI=1S/C23H23Cl2NO3/c1-28-23-11-16(13-26-14-21(27)17-5-3-2-4-6-17)7-10-22(23)29-15-18-8-9-19(24)12-20(18)25/h2-12,21,26-27H,13-15H2,1H3/t21-/m0/s1. The minimum atomic E-state index is -0.551. The third-order valence-electron chi connectivity index (χ3n) is 4.48. The van der Waals surface area contributed by atoms with Crippen LogP contribution in [0.15, 0.2) is 66.7 Å². The van der Waals surface area contributed by atoms with E-state index in [0.717, 1.165) is 16.7 Å². The predicted octanol–water partition coefficient (Wildman–Crippen LogP) is 5.40. The van der Waals surface area contributed by atoms with Crippen molar-refractivity contribution in [2.24, 2.45) is 0 Å². The van der Waals surface area contributed by atoms with Gasteiger partial charge in [0.15, 0.2) is 11.5 Å². The van der Waals surface area contributed by atoms with Gasteiger partial charge in [-0.15, -0.1) is 0 Å². The van der Waals surface area contributed by atoms with E-state index in [4.69, 9.17) is 32.7 Å². The highest BCUT2D eigenvalue weighted by Gasteiger charge is 2.10. The second-order valence-electron chi connectivity index (χ2n) is 6.57. The van der Waals surface area contributed by atoms with E-state index in [1.807, 2.05) is 54.6 Å². The van der Waals surface area contributed by atoms with Crippen molar-refractivity contribution in [3.63, 3.8) is 0 Å². The van der Waals surface area contributed by atoms with Crippen LogP contribution in [0.2, 0.25) is 10.0 Å². The summed E-state index contributed by atoms with van der Waals surface area (Å²) < 4.78 is 11.3. The number of halogens is 2. The number of nitrogens with one attached hydrogen (secondary N) is 1. The van der Waals surface area contributed by atoms with Crippen LogP contribution in [0, 0.1) is 0 Å². The highest BCUT2D eigenvalue weighted by Crippen LogP contribution is 2.30. The Morgan fingerprint density at radius 2 is 1.76 bits per heavy atom.